The van der Waals surface area contributed by atoms with Crippen LogP contribution in [0.25, 0.3) is 0 Å². The summed E-state index contributed by atoms with van der Waals surface area (Å²) in [6, 6.07) is 0. The van der Waals surface area contributed by atoms with Crippen LogP contribution in [-0.2, 0) is 9.47 Å². The maximum atomic E-state index is 10.6. The Balaban J connectivity index is 3.02. The topological polar surface area (TPSA) is 99.6 Å². The van der Waals surface area contributed by atoms with E-state index < -0.39 is 6.09 Å². The molecule has 0 atom stereocenters. The van der Waals surface area contributed by atoms with Gasteiger partial charge in [-0.15, -0.1) is 0 Å². The molecule has 0 radical (unpaired) electrons. The van der Waals surface area contributed by atoms with E-state index in [9.17, 15) is 4.79 Å². The molecule has 13 heavy (non-hydrogen) atoms. The summed E-state index contributed by atoms with van der Waals surface area (Å²) in [5.74, 6) is 0. The number of nitrogens with one attached hydrogen (secondary N) is 1. The Morgan fingerprint density at radius 1 is 1.23 bits per heavy atom. The number of hydrogen-bond acceptors (Lipinski definition) is 5. The van der Waals surface area contributed by atoms with Gasteiger partial charge in [0.25, 0.3) is 0 Å². The van der Waals surface area contributed by atoms with E-state index in [1.54, 1.807) is 0 Å². The summed E-state index contributed by atoms with van der Waals surface area (Å²) in [6.45, 7) is 1.90. The van der Waals surface area contributed by atoms with E-state index in [1.165, 1.54) is 0 Å². The first-order valence-electron chi connectivity index (χ1n) is 4.19. The summed E-state index contributed by atoms with van der Waals surface area (Å²) in [5, 5.41) is 2.29. The number of hydrogen-bond donors (Lipinski definition) is 3. The molecule has 5 N–H and O–H groups in total. The first-order chi connectivity index (χ1) is 6.31. The maximum Gasteiger partial charge on any atom is 0.408 e. The zero-order chi connectivity index (χ0) is 9.94. The zero-order valence-corrected chi connectivity index (χ0v) is 7.62. The number of ether oxygens (including phenoxy) is 2. The summed E-state index contributed by atoms with van der Waals surface area (Å²) < 4.78 is 9.76. The Kier molecular flexibility index (Phi) is 8.64. The van der Waals surface area contributed by atoms with Crippen LogP contribution < -0.4 is 16.8 Å². The lowest BCUT2D eigenvalue weighted by atomic mass is 10.5. The van der Waals surface area contributed by atoms with Crippen molar-refractivity contribution in [3.05, 3.63) is 0 Å². The van der Waals surface area contributed by atoms with Crippen LogP contribution >= 0.6 is 0 Å². The molecule has 0 aliphatic rings. The number of amides is 1. The Labute approximate surface area is 77.5 Å². The molecule has 0 fully saturated rings. The van der Waals surface area contributed by atoms with Gasteiger partial charge >= 0.3 is 6.09 Å². The van der Waals surface area contributed by atoms with Gasteiger partial charge in [-0.05, 0) is 13.0 Å². The number of alkyl carbamates (subject to hydrolysis) is 1. The van der Waals surface area contributed by atoms with Crippen LogP contribution in [0.3, 0.4) is 0 Å². The van der Waals surface area contributed by atoms with Crippen molar-refractivity contribution in [1.82, 2.24) is 5.32 Å². The third-order valence-corrected chi connectivity index (χ3v) is 1.20. The summed E-state index contributed by atoms with van der Waals surface area (Å²) in [6.07, 6.45) is 0.291. The van der Waals surface area contributed by atoms with Crippen molar-refractivity contribution in [2.75, 3.05) is 33.0 Å². The van der Waals surface area contributed by atoms with E-state index in [-0.39, 0.29) is 13.3 Å². The van der Waals surface area contributed by atoms with Crippen molar-refractivity contribution in [1.29, 1.82) is 0 Å². The Hall–Kier alpha value is -0.850. The van der Waals surface area contributed by atoms with Crippen LogP contribution in [0.15, 0.2) is 0 Å². The molecule has 0 aliphatic heterocycles. The van der Waals surface area contributed by atoms with Crippen LogP contribution in [-0.4, -0.2) is 39.1 Å². The van der Waals surface area contributed by atoms with Crippen LogP contribution in [0, 0.1) is 0 Å². The molecule has 0 rings (SSSR count). The molecule has 78 valence electrons. The lowest BCUT2D eigenvalue weighted by Crippen LogP contribution is -2.30. The highest BCUT2D eigenvalue weighted by atomic mass is 16.6. The Morgan fingerprint density at radius 3 is 2.62 bits per heavy atom. The smallest absolute Gasteiger partial charge is 0.408 e. The van der Waals surface area contributed by atoms with Gasteiger partial charge in [-0.3, -0.25) is 0 Å². The molecule has 0 aromatic heterocycles. The van der Waals surface area contributed by atoms with Crippen molar-refractivity contribution < 1.29 is 14.3 Å². The van der Waals surface area contributed by atoms with Gasteiger partial charge in [-0.2, -0.15) is 0 Å². The second-order valence-corrected chi connectivity index (χ2v) is 2.27. The van der Waals surface area contributed by atoms with Gasteiger partial charge in [0.2, 0.25) is 0 Å². The van der Waals surface area contributed by atoms with Crippen molar-refractivity contribution in [3.8, 4) is 0 Å². The van der Waals surface area contributed by atoms with Gasteiger partial charge in [0.05, 0.1) is 13.3 Å². The first-order valence-corrected chi connectivity index (χ1v) is 4.19. The quantitative estimate of drug-likeness (QED) is 0.354. The number of rotatable bonds is 7. The minimum absolute atomic E-state index is 0.0763. The average Bonchev–Trinajstić information content (AvgIpc) is 2.11. The second-order valence-electron chi connectivity index (χ2n) is 2.27. The lowest BCUT2D eigenvalue weighted by Gasteiger charge is -2.05. The molecular weight excluding hydrogens is 174 g/mol. The van der Waals surface area contributed by atoms with Gasteiger partial charge in [-0.1, -0.05) is 0 Å². The van der Waals surface area contributed by atoms with Crippen molar-refractivity contribution in [2.45, 2.75) is 6.42 Å². The maximum absolute atomic E-state index is 10.6. The van der Waals surface area contributed by atoms with Gasteiger partial charge < -0.3 is 26.3 Å². The molecule has 0 saturated heterocycles. The predicted molar refractivity (Wildman–Crippen MR) is 48.0 cm³/mol. The molecule has 0 unspecified atom stereocenters. The number of carbonyl (C=O) groups excluding carboxylic acids is 1. The van der Waals surface area contributed by atoms with Crippen LogP contribution in [0.2, 0.25) is 0 Å². The fraction of sp³-hybridized carbons (Fsp3) is 0.857. The standard InChI is InChI=1S/C7H17N3O3/c8-2-1-3-12-4-5-13-7(11)10-6-9/h1-6,8-9H2,(H,10,11). The summed E-state index contributed by atoms with van der Waals surface area (Å²) in [7, 11) is 0. The zero-order valence-electron chi connectivity index (χ0n) is 7.62. The van der Waals surface area contributed by atoms with Gasteiger partial charge in [0.1, 0.15) is 6.61 Å². The second kappa shape index (κ2) is 9.24. The summed E-state index contributed by atoms with van der Waals surface area (Å²) in [5.41, 5.74) is 10.3. The Bertz CT molecular complexity index is 132. The average molecular weight is 191 g/mol. The molecule has 0 bridgehead atoms. The normalized spacial score (nSPS) is 9.69. The predicted octanol–water partition coefficient (Wildman–Crippen LogP) is -1.01. The molecule has 0 saturated carbocycles. The fourth-order valence-corrected chi connectivity index (χ4v) is 0.615. The van der Waals surface area contributed by atoms with E-state index in [0.29, 0.717) is 19.8 Å². The van der Waals surface area contributed by atoms with Crippen molar-refractivity contribution in [2.24, 2.45) is 11.5 Å². The highest BCUT2D eigenvalue weighted by molar-refractivity contribution is 5.66. The molecule has 0 spiro atoms. The molecule has 6 heteroatoms. The third kappa shape index (κ3) is 9.06. The minimum Gasteiger partial charge on any atom is -0.447 e. The van der Waals surface area contributed by atoms with Gasteiger partial charge in [-0.25, -0.2) is 4.79 Å². The molecular formula is C7H17N3O3. The number of nitrogens with two attached hydrogens (primary N) is 2. The molecule has 0 aliphatic carbocycles. The van der Waals surface area contributed by atoms with Crippen LogP contribution in [0.4, 0.5) is 4.79 Å². The highest BCUT2D eigenvalue weighted by Crippen LogP contribution is 1.82. The van der Waals surface area contributed by atoms with E-state index in [0.717, 1.165) is 6.42 Å². The van der Waals surface area contributed by atoms with E-state index in [1.807, 2.05) is 0 Å². The molecule has 6 nitrogen and oxygen atoms in total. The van der Waals surface area contributed by atoms with E-state index >= 15 is 0 Å². The lowest BCUT2D eigenvalue weighted by molar-refractivity contribution is 0.0725. The summed E-state index contributed by atoms with van der Waals surface area (Å²) in [4.78, 5) is 10.6. The van der Waals surface area contributed by atoms with Crippen LogP contribution in [0.1, 0.15) is 6.42 Å². The van der Waals surface area contributed by atoms with Gasteiger partial charge in [0.15, 0.2) is 0 Å². The molecule has 0 aromatic carbocycles. The Morgan fingerprint density at radius 2 is 2.00 bits per heavy atom. The minimum atomic E-state index is -0.523. The van der Waals surface area contributed by atoms with Crippen molar-refractivity contribution >= 4 is 6.09 Å². The van der Waals surface area contributed by atoms with Crippen LogP contribution in [0.5, 0.6) is 0 Å². The first kappa shape index (κ1) is 12.2. The van der Waals surface area contributed by atoms with E-state index in [2.05, 4.69) is 10.1 Å². The molecule has 0 heterocycles. The largest absolute Gasteiger partial charge is 0.447 e. The molecule has 0 aromatic rings. The van der Waals surface area contributed by atoms with Gasteiger partial charge in [0, 0.05) is 6.61 Å². The fourth-order valence-electron chi connectivity index (χ4n) is 0.615. The third-order valence-electron chi connectivity index (χ3n) is 1.20. The SMILES string of the molecule is NCCCOCCOC(=O)NCN. The monoisotopic (exact) mass is 191 g/mol. The number of carbonyl (C=O) groups is 1. The van der Waals surface area contributed by atoms with E-state index in [4.69, 9.17) is 16.2 Å². The van der Waals surface area contributed by atoms with Crippen molar-refractivity contribution in [3.63, 3.8) is 0 Å². The highest BCUT2D eigenvalue weighted by Gasteiger charge is 1.97. The molecule has 1 amide bonds. The summed E-state index contributed by atoms with van der Waals surface area (Å²) >= 11 is 0.